The van der Waals surface area contributed by atoms with Gasteiger partial charge >= 0.3 is 0 Å². The molecular weight excluding hydrogens is 322 g/mol. The molecule has 146 valence electrons. The quantitative estimate of drug-likeness (QED) is 0.687. The number of nitrogens with zero attached hydrogens (tertiary/aromatic N) is 2. The van der Waals surface area contributed by atoms with Gasteiger partial charge in [0, 0.05) is 5.41 Å². The standard InChI is InChI=1S/C22H37N3O/c1-19(2,3)14-13-17(25(22(10,11)12)24-18(13)26)23-16(21(7,8)9)15(14)20(4,5)6/h1-12H3,(H,24,26). The maximum Gasteiger partial charge on any atom is 0.273 e. The summed E-state index contributed by atoms with van der Waals surface area (Å²) < 4.78 is 1.93. The summed E-state index contributed by atoms with van der Waals surface area (Å²) in [5, 5.41) is 3.80. The van der Waals surface area contributed by atoms with E-state index in [-0.39, 0.29) is 27.3 Å². The van der Waals surface area contributed by atoms with Crippen LogP contribution < -0.4 is 5.56 Å². The Morgan fingerprint density at radius 2 is 1.19 bits per heavy atom. The minimum Gasteiger partial charge on any atom is -0.267 e. The van der Waals surface area contributed by atoms with Gasteiger partial charge < -0.3 is 0 Å². The van der Waals surface area contributed by atoms with Crippen LogP contribution in [0.25, 0.3) is 11.0 Å². The Morgan fingerprint density at radius 1 is 0.731 bits per heavy atom. The summed E-state index contributed by atoms with van der Waals surface area (Å²) in [6, 6.07) is 0. The summed E-state index contributed by atoms with van der Waals surface area (Å²) in [6.07, 6.45) is 0. The van der Waals surface area contributed by atoms with Crippen molar-refractivity contribution in [2.45, 2.75) is 105 Å². The fourth-order valence-electron chi connectivity index (χ4n) is 3.67. The third-order valence-corrected chi connectivity index (χ3v) is 4.71. The third kappa shape index (κ3) is 3.47. The van der Waals surface area contributed by atoms with Crippen LogP contribution in [0.5, 0.6) is 0 Å². The second kappa shape index (κ2) is 5.71. The summed E-state index contributed by atoms with van der Waals surface area (Å²) >= 11 is 0. The first-order chi connectivity index (χ1) is 11.4. The van der Waals surface area contributed by atoms with Crippen molar-refractivity contribution in [3.63, 3.8) is 0 Å². The Balaban J connectivity index is 3.26. The molecule has 0 fully saturated rings. The lowest BCUT2D eigenvalue weighted by Gasteiger charge is -2.36. The first-order valence-corrected chi connectivity index (χ1v) is 9.57. The molecule has 0 radical (unpaired) electrons. The molecule has 0 amide bonds. The molecular formula is C22H37N3O. The Hall–Kier alpha value is -1.58. The van der Waals surface area contributed by atoms with Crippen LogP contribution in [0.15, 0.2) is 4.79 Å². The molecule has 4 nitrogen and oxygen atoms in total. The lowest BCUT2D eigenvalue weighted by molar-refractivity contribution is 0.363. The molecule has 0 atom stereocenters. The van der Waals surface area contributed by atoms with E-state index in [1.807, 2.05) is 4.68 Å². The van der Waals surface area contributed by atoms with Crippen LogP contribution >= 0.6 is 0 Å². The number of pyridine rings is 1. The van der Waals surface area contributed by atoms with E-state index in [4.69, 9.17) is 4.98 Å². The van der Waals surface area contributed by atoms with Gasteiger partial charge in [-0.25, -0.2) is 4.98 Å². The highest BCUT2D eigenvalue weighted by atomic mass is 16.1. The average Bonchev–Trinajstić information content (AvgIpc) is 2.71. The molecule has 0 bridgehead atoms. The molecule has 0 aromatic carbocycles. The summed E-state index contributed by atoms with van der Waals surface area (Å²) in [6.45, 7) is 26.1. The van der Waals surface area contributed by atoms with Crippen LogP contribution in [0, 0.1) is 0 Å². The van der Waals surface area contributed by atoms with E-state index in [1.165, 1.54) is 5.56 Å². The van der Waals surface area contributed by atoms with Crippen molar-refractivity contribution in [2.75, 3.05) is 0 Å². The summed E-state index contributed by atoms with van der Waals surface area (Å²) in [7, 11) is 0. The minimum absolute atomic E-state index is 0.0432. The van der Waals surface area contributed by atoms with Crippen LogP contribution in [0.2, 0.25) is 0 Å². The number of hydrogen-bond donors (Lipinski definition) is 1. The molecule has 0 unspecified atom stereocenters. The minimum atomic E-state index is -0.249. The van der Waals surface area contributed by atoms with E-state index in [2.05, 4.69) is 88.2 Å². The van der Waals surface area contributed by atoms with Crippen molar-refractivity contribution >= 4 is 11.0 Å². The molecule has 2 heterocycles. The third-order valence-electron chi connectivity index (χ3n) is 4.71. The summed E-state index contributed by atoms with van der Waals surface area (Å²) in [4.78, 5) is 18.1. The van der Waals surface area contributed by atoms with Gasteiger partial charge in [0.25, 0.3) is 5.56 Å². The molecule has 2 aromatic rings. The molecule has 2 rings (SSSR count). The highest BCUT2D eigenvalue weighted by Gasteiger charge is 2.37. The van der Waals surface area contributed by atoms with Gasteiger partial charge in [0.15, 0.2) is 5.65 Å². The zero-order valence-electron chi connectivity index (χ0n) is 18.8. The second-order valence-electron chi connectivity index (χ2n) is 11.6. The average molecular weight is 360 g/mol. The lowest BCUT2D eigenvalue weighted by Crippen LogP contribution is -2.31. The van der Waals surface area contributed by atoms with Crippen molar-refractivity contribution in [1.82, 2.24) is 14.8 Å². The van der Waals surface area contributed by atoms with Gasteiger partial charge in [-0.15, -0.1) is 0 Å². The van der Waals surface area contributed by atoms with Gasteiger partial charge in [0.1, 0.15) is 0 Å². The molecule has 0 saturated carbocycles. The molecule has 4 heteroatoms. The first-order valence-electron chi connectivity index (χ1n) is 9.57. The number of aromatic nitrogens is 3. The number of fused-ring (bicyclic) bond motifs is 1. The topological polar surface area (TPSA) is 50.7 Å². The normalized spacial score (nSPS) is 14.3. The molecule has 26 heavy (non-hydrogen) atoms. The highest BCUT2D eigenvalue weighted by Crippen LogP contribution is 2.42. The van der Waals surface area contributed by atoms with E-state index >= 15 is 0 Å². The Labute approximate surface area is 158 Å². The number of aromatic amines is 1. The molecule has 2 aromatic heterocycles. The molecule has 0 aliphatic rings. The highest BCUT2D eigenvalue weighted by molar-refractivity contribution is 5.83. The first kappa shape index (κ1) is 20.7. The fraction of sp³-hybridized carbons (Fsp3) is 0.727. The van der Waals surface area contributed by atoms with Gasteiger partial charge in [0.2, 0.25) is 0 Å². The predicted octanol–water partition coefficient (Wildman–Crippen LogP) is 5.37. The number of rotatable bonds is 0. The van der Waals surface area contributed by atoms with Crippen molar-refractivity contribution in [3.05, 3.63) is 27.2 Å². The Kier molecular flexibility index (Phi) is 4.55. The zero-order chi connectivity index (χ0) is 20.5. The van der Waals surface area contributed by atoms with Crippen LogP contribution in [0.3, 0.4) is 0 Å². The SMILES string of the molecule is CC(C)(C)c1nc2c(c(C(C)(C)C)c1C(C)(C)C)c(=O)[nH]n2C(C)(C)C. The van der Waals surface area contributed by atoms with Gasteiger partial charge in [-0.2, -0.15) is 0 Å². The van der Waals surface area contributed by atoms with Gasteiger partial charge in [-0.05, 0) is 42.7 Å². The van der Waals surface area contributed by atoms with Crippen LogP contribution in [0.1, 0.15) is 99.9 Å². The van der Waals surface area contributed by atoms with E-state index in [9.17, 15) is 4.79 Å². The smallest absolute Gasteiger partial charge is 0.267 e. The molecule has 0 aliphatic carbocycles. The number of nitrogens with one attached hydrogen (secondary N) is 1. The van der Waals surface area contributed by atoms with Crippen molar-refractivity contribution < 1.29 is 0 Å². The van der Waals surface area contributed by atoms with Crippen molar-refractivity contribution in [3.8, 4) is 0 Å². The van der Waals surface area contributed by atoms with Crippen molar-refractivity contribution in [2.24, 2.45) is 0 Å². The lowest BCUT2D eigenvalue weighted by atomic mass is 9.70. The molecule has 0 spiro atoms. The number of H-pyrrole nitrogens is 1. The molecule has 0 aliphatic heterocycles. The largest absolute Gasteiger partial charge is 0.273 e. The van der Waals surface area contributed by atoms with Crippen LogP contribution in [-0.4, -0.2) is 14.8 Å². The Morgan fingerprint density at radius 3 is 1.54 bits per heavy atom. The van der Waals surface area contributed by atoms with E-state index in [1.54, 1.807) is 0 Å². The zero-order valence-corrected chi connectivity index (χ0v) is 18.8. The van der Waals surface area contributed by atoms with Gasteiger partial charge in [0.05, 0.1) is 16.6 Å². The summed E-state index contributed by atoms with van der Waals surface area (Å²) in [5.74, 6) is 0. The fourth-order valence-corrected chi connectivity index (χ4v) is 3.67. The van der Waals surface area contributed by atoms with Gasteiger partial charge in [-0.3, -0.25) is 14.6 Å². The summed E-state index contributed by atoms with van der Waals surface area (Å²) in [5.41, 5.74) is 3.51. The van der Waals surface area contributed by atoms with Crippen LogP contribution in [0.4, 0.5) is 0 Å². The monoisotopic (exact) mass is 359 g/mol. The second-order valence-corrected chi connectivity index (χ2v) is 11.6. The maximum atomic E-state index is 13.0. The molecule has 0 saturated heterocycles. The van der Waals surface area contributed by atoms with Crippen LogP contribution in [-0.2, 0) is 21.8 Å². The van der Waals surface area contributed by atoms with E-state index in [0.29, 0.717) is 0 Å². The van der Waals surface area contributed by atoms with Gasteiger partial charge in [-0.1, -0.05) is 62.3 Å². The predicted molar refractivity (Wildman–Crippen MR) is 111 cm³/mol. The van der Waals surface area contributed by atoms with Crippen molar-refractivity contribution in [1.29, 1.82) is 0 Å². The Bertz CT molecular complexity index is 886. The number of hydrogen-bond acceptors (Lipinski definition) is 2. The molecule has 1 N–H and O–H groups in total. The van der Waals surface area contributed by atoms with E-state index < -0.39 is 0 Å². The van der Waals surface area contributed by atoms with E-state index in [0.717, 1.165) is 22.3 Å². The maximum absolute atomic E-state index is 13.0.